The monoisotopic (exact) mass is 358 g/mol. The smallest absolute Gasteiger partial charge is 0.235 e. The van der Waals surface area contributed by atoms with E-state index < -0.39 is 0 Å². The first-order valence-corrected chi connectivity index (χ1v) is 8.76. The Morgan fingerprint density at radius 2 is 1.96 bits per heavy atom. The Morgan fingerprint density at radius 3 is 2.48 bits per heavy atom. The molecule has 1 amide bonds. The van der Waals surface area contributed by atoms with Crippen LogP contribution in [0.1, 0.15) is 19.8 Å². The van der Waals surface area contributed by atoms with Crippen LogP contribution in [0.3, 0.4) is 0 Å². The number of nitrogens with zero attached hydrogens (tertiary/aromatic N) is 1. The number of nitrogens with one attached hydrogen (secondary N) is 1. The van der Waals surface area contributed by atoms with E-state index in [0.717, 1.165) is 43.1 Å². The van der Waals surface area contributed by atoms with E-state index in [2.05, 4.69) is 5.32 Å². The number of hydrogen-bond acceptors (Lipinski definition) is 4. The van der Waals surface area contributed by atoms with Crippen molar-refractivity contribution in [1.82, 2.24) is 10.2 Å². The second kappa shape index (κ2) is 10.1. The van der Waals surface area contributed by atoms with Crippen molar-refractivity contribution in [2.45, 2.75) is 29.9 Å². The number of amides is 1. The van der Waals surface area contributed by atoms with E-state index in [1.54, 1.807) is 18.9 Å². The van der Waals surface area contributed by atoms with E-state index in [-0.39, 0.29) is 23.6 Å². The number of halogens is 1. The van der Waals surface area contributed by atoms with Crippen LogP contribution in [0, 0.1) is 5.92 Å². The zero-order chi connectivity index (χ0) is 15.9. The molecule has 23 heavy (non-hydrogen) atoms. The first-order valence-electron chi connectivity index (χ1n) is 7.88. The normalized spacial score (nSPS) is 16.6. The molecule has 1 atom stereocenters. The first-order chi connectivity index (χ1) is 10.6. The van der Waals surface area contributed by atoms with Crippen LogP contribution in [-0.2, 0) is 4.79 Å². The molecule has 0 bridgehead atoms. The number of benzene rings is 1. The van der Waals surface area contributed by atoms with Gasteiger partial charge in [-0.15, -0.1) is 24.2 Å². The van der Waals surface area contributed by atoms with E-state index in [1.165, 1.54) is 0 Å². The third-order valence-electron chi connectivity index (χ3n) is 4.14. The zero-order valence-corrected chi connectivity index (χ0v) is 15.7. The third-order valence-corrected chi connectivity index (χ3v) is 5.24. The molecule has 1 aromatic carbocycles. The van der Waals surface area contributed by atoms with Gasteiger partial charge in [0.05, 0.1) is 12.4 Å². The summed E-state index contributed by atoms with van der Waals surface area (Å²) in [5.74, 6) is 1.80. The number of hydrogen-bond donors (Lipinski definition) is 1. The standard InChI is InChI=1S/C17H26N2O2S.ClH/c1-13(22-16-6-4-15(21-3)5-7-16)17(20)19-10-8-14(9-11-19)12-18-2;/h4-7,13-14,18H,8-12H2,1-3H3;1H. The molecule has 1 N–H and O–H groups in total. The van der Waals surface area contributed by atoms with Crippen LogP contribution in [0.4, 0.5) is 0 Å². The lowest BCUT2D eigenvalue weighted by Gasteiger charge is -2.33. The second-order valence-corrected chi connectivity index (χ2v) is 7.18. The second-order valence-electron chi connectivity index (χ2n) is 5.76. The van der Waals surface area contributed by atoms with Crippen LogP contribution in [0.15, 0.2) is 29.2 Å². The van der Waals surface area contributed by atoms with Gasteiger partial charge in [-0.3, -0.25) is 4.79 Å². The highest BCUT2D eigenvalue weighted by Gasteiger charge is 2.26. The number of rotatable bonds is 6. The molecule has 1 unspecified atom stereocenters. The van der Waals surface area contributed by atoms with Crippen LogP contribution in [0.5, 0.6) is 5.75 Å². The van der Waals surface area contributed by atoms with Crippen LogP contribution < -0.4 is 10.1 Å². The van der Waals surface area contributed by atoms with Crippen molar-refractivity contribution in [3.63, 3.8) is 0 Å². The summed E-state index contributed by atoms with van der Waals surface area (Å²) in [4.78, 5) is 15.7. The predicted octanol–water partition coefficient (Wildman–Crippen LogP) is 3.06. The van der Waals surface area contributed by atoms with Gasteiger partial charge in [0.15, 0.2) is 0 Å². The fourth-order valence-corrected chi connectivity index (χ4v) is 3.76. The summed E-state index contributed by atoms with van der Waals surface area (Å²) >= 11 is 1.62. The van der Waals surface area contributed by atoms with Crippen molar-refractivity contribution in [2.24, 2.45) is 5.92 Å². The molecule has 1 saturated heterocycles. The van der Waals surface area contributed by atoms with Crippen LogP contribution >= 0.6 is 24.2 Å². The maximum Gasteiger partial charge on any atom is 0.235 e. The fraction of sp³-hybridized carbons (Fsp3) is 0.588. The molecule has 6 heteroatoms. The number of methoxy groups -OCH3 is 1. The van der Waals surface area contributed by atoms with Gasteiger partial charge in [-0.05, 0) is 63.5 Å². The Labute approximate surface area is 149 Å². The Kier molecular flexibility index (Phi) is 8.81. The van der Waals surface area contributed by atoms with E-state index in [4.69, 9.17) is 4.74 Å². The molecule has 1 aliphatic rings. The lowest BCUT2D eigenvalue weighted by atomic mass is 9.97. The third kappa shape index (κ3) is 5.90. The van der Waals surface area contributed by atoms with E-state index >= 15 is 0 Å². The maximum absolute atomic E-state index is 12.6. The average molecular weight is 359 g/mol. The quantitative estimate of drug-likeness (QED) is 0.793. The van der Waals surface area contributed by atoms with Gasteiger partial charge in [0, 0.05) is 18.0 Å². The summed E-state index contributed by atoms with van der Waals surface area (Å²) in [7, 11) is 3.65. The van der Waals surface area contributed by atoms with Gasteiger partial charge in [0.25, 0.3) is 0 Å². The highest BCUT2D eigenvalue weighted by atomic mass is 35.5. The van der Waals surface area contributed by atoms with Gasteiger partial charge < -0.3 is 15.0 Å². The molecule has 2 rings (SSSR count). The Hall–Kier alpha value is -0.910. The molecule has 1 aromatic rings. The van der Waals surface area contributed by atoms with Crippen molar-refractivity contribution in [1.29, 1.82) is 0 Å². The Morgan fingerprint density at radius 1 is 1.35 bits per heavy atom. The topological polar surface area (TPSA) is 41.6 Å². The molecule has 0 spiro atoms. The predicted molar refractivity (Wildman–Crippen MR) is 98.8 cm³/mol. The molecule has 1 aliphatic heterocycles. The minimum absolute atomic E-state index is 0. The zero-order valence-electron chi connectivity index (χ0n) is 14.1. The number of piperidine rings is 1. The number of thioether (sulfide) groups is 1. The van der Waals surface area contributed by atoms with E-state index in [9.17, 15) is 4.79 Å². The number of likely N-dealkylation sites (tertiary alicyclic amines) is 1. The van der Waals surface area contributed by atoms with Gasteiger partial charge in [0.1, 0.15) is 5.75 Å². The van der Waals surface area contributed by atoms with Gasteiger partial charge in [-0.1, -0.05) is 0 Å². The molecule has 130 valence electrons. The number of ether oxygens (including phenoxy) is 1. The Balaban J connectivity index is 0.00000264. The van der Waals surface area contributed by atoms with E-state index in [1.807, 2.05) is 43.1 Å². The van der Waals surface area contributed by atoms with Crippen molar-refractivity contribution in [3.8, 4) is 5.75 Å². The van der Waals surface area contributed by atoms with Crippen molar-refractivity contribution in [2.75, 3.05) is 33.8 Å². The van der Waals surface area contributed by atoms with Gasteiger partial charge in [-0.2, -0.15) is 0 Å². The van der Waals surface area contributed by atoms with Crippen molar-refractivity contribution in [3.05, 3.63) is 24.3 Å². The lowest BCUT2D eigenvalue weighted by Crippen LogP contribution is -2.43. The summed E-state index contributed by atoms with van der Waals surface area (Å²) in [6.45, 7) is 4.83. The first kappa shape index (κ1) is 20.1. The van der Waals surface area contributed by atoms with Crippen LogP contribution in [-0.4, -0.2) is 49.8 Å². The van der Waals surface area contributed by atoms with Crippen molar-refractivity contribution < 1.29 is 9.53 Å². The molecule has 1 heterocycles. The largest absolute Gasteiger partial charge is 0.497 e. The molecule has 4 nitrogen and oxygen atoms in total. The lowest BCUT2D eigenvalue weighted by molar-refractivity contribution is -0.131. The molecule has 0 saturated carbocycles. The summed E-state index contributed by atoms with van der Waals surface area (Å²) in [6.07, 6.45) is 2.21. The molecular formula is C17H27ClN2O2S. The minimum atomic E-state index is -0.0470. The van der Waals surface area contributed by atoms with E-state index in [0.29, 0.717) is 5.92 Å². The summed E-state index contributed by atoms with van der Waals surface area (Å²) < 4.78 is 5.16. The van der Waals surface area contributed by atoms with Gasteiger partial charge in [-0.25, -0.2) is 0 Å². The SMILES string of the molecule is CNCC1CCN(C(=O)C(C)Sc2ccc(OC)cc2)CC1.Cl. The van der Waals surface area contributed by atoms with Gasteiger partial charge in [0.2, 0.25) is 5.91 Å². The summed E-state index contributed by atoms with van der Waals surface area (Å²) in [5, 5.41) is 3.18. The summed E-state index contributed by atoms with van der Waals surface area (Å²) in [6, 6.07) is 7.88. The molecule has 0 aliphatic carbocycles. The van der Waals surface area contributed by atoms with Gasteiger partial charge >= 0.3 is 0 Å². The fourth-order valence-electron chi connectivity index (χ4n) is 2.81. The Bertz CT molecular complexity index is 476. The molecule has 0 aromatic heterocycles. The molecule has 0 radical (unpaired) electrons. The highest BCUT2D eigenvalue weighted by molar-refractivity contribution is 8.00. The molecule has 1 fully saturated rings. The van der Waals surface area contributed by atoms with Crippen LogP contribution in [0.2, 0.25) is 0 Å². The average Bonchev–Trinajstić information content (AvgIpc) is 2.56. The number of carbonyl (C=O) groups excluding carboxylic acids is 1. The van der Waals surface area contributed by atoms with Crippen LogP contribution in [0.25, 0.3) is 0 Å². The maximum atomic E-state index is 12.6. The minimum Gasteiger partial charge on any atom is -0.497 e. The molecular weight excluding hydrogens is 332 g/mol. The van der Waals surface area contributed by atoms with Crippen molar-refractivity contribution >= 4 is 30.1 Å². The summed E-state index contributed by atoms with van der Waals surface area (Å²) in [5.41, 5.74) is 0. The highest BCUT2D eigenvalue weighted by Crippen LogP contribution is 2.27. The number of carbonyl (C=O) groups is 1.